The summed E-state index contributed by atoms with van der Waals surface area (Å²) >= 11 is 0. The maximum atomic E-state index is 13.9. The summed E-state index contributed by atoms with van der Waals surface area (Å²) in [6.45, 7) is 8.45. The predicted octanol–water partition coefficient (Wildman–Crippen LogP) is 5.68. The van der Waals surface area contributed by atoms with Gasteiger partial charge in [0.1, 0.15) is 18.4 Å². The minimum absolute atomic E-state index is 0.0517. The van der Waals surface area contributed by atoms with E-state index in [1.807, 2.05) is 42.4 Å². The summed E-state index contributed by atoms with van der Waals surface area (Å²) in [7, 11) is 0. The Morgan fingerprint density at radius 2 is 1.74 bits per heavy atom. The topological polar surface area (TPSA) is 130 Å². The molecule has 1 spiro atoms. The van der Waals surface area contributed by atoms with E-state index in [-0.39, 0.29) is 42.9 Å². The number of nitrogens with zero attached hydrogens (tertiary/aromatic N) is 7. The highest BCUT2D eigenvalue weighted by molar-refractivity contribution is 6.06. The van der Waals surface area contributed by atoms with E-state index in [0.29, 0.717) is 42.9 Å². The number of piperazine rings is 1. The zero-order valence-electron chi connectivity index (χ0n) is 35.3. The Kier molecular flexibility index (Phi) is 9.97. The number of rotatable bonds is 7. The number of aromatic nitrogens is 3. The van der Waals surface area contributed by atoms with Gasteiger partial charge in [-0.15, -0.1) is 0 Å². The van der Waals surface area contributed by atoms with Crippen LogP contribution in [0.3, 0.4) is 0 Å². The smallest absolute Gasteiger partial charge is 0.255 e. The van der Waals surface area contributed by atoms with Gasteiger partial charge in [0.15, 0.2) is 0 Å². The molecule has 7 aliphatic rings. The number of anilines is 2. The Morgan fingerprint density at radius 3 is 2.52 bits per heavy atom. The lowest BCUT2D eigenvalue weighted by Crippen LogP contribution is -2.58. The number of para-hydroxylation sites is 1. The van der Waals surface area contributed by atoms with Crippen molar-refractivity contribution in [2.75, 3.05) is 62.2 Å². The molecule has 15 heteroatoms. The lowest BCUT2D eigenvalue weighted by Gasteiger charge is -2.48. The second-order valence-corrected chi connectivity index (χ2v) is 19.1. The summed E-state index contributed by atoms with van der Waals surface area (Å²) in [6, 6.07) is 11.3. The summed E-state index contributed by atoms with van der Waals surface area (Å²) in [5.41, 5.74) is 6.93. The fourth-order valence-corrected chi connectivity index (χ4v) is 12.1. The van der Waals surface area contributed by atoms with Gasteiger partial charge in [-0.05, 0) is 98.9 Å². The van der Waals surface area contributed by atoms with Crippen molar-refractivity contribution in [2.45, 2.75) is 102 Å². The second kappa shape index (κ2) is 15.6. The summed E-state index contributed by atoms with van der Waals surface area (Å²) in [6.07, 6.45) is 9.81. The number of alkyl halides is 2. The molecule has 1 aliphatic carbocycles. The Bertz CT molecular complexity index is 2390. The SMILES string of the molecule is C[C@@H]1Cc2c([nH]c3ccccc23)[C@@H](c2cnc(N3CCC4(CCC(CN5CCN6c7cc8c(cc7OC[C@@H]6C5)C(=O)N(C5CCC(=O)NC5=O)C8)CC4)CC3)nc2)N1CC(F)F. The number of hydrogen-bond acceptors (Lipinski definition) is 10. The number of ether oxygens (including phenoxy) is 1. The molecule has 62 heavy (non-hydrogen) atoms. The molecule has 0 radical (unpaired) electrons. The molecule has 1 unspecified atom stereocenters. The normalized spacial score (nSPS) is 26.7. The zero-order chi connectivity index (χ0) is 42.3. The van der Waals surface area contributed by atoms with Crippen molar-refractivity contribution in [3.05, 3.63) is 76.7 Å². The number of halogens is 2. The maximum absolute atomic E-state index is 13.9. The Balaban J connectivity index is 0.683. The molecule has 2 aromatic heterocycles. The van der Waals surface area contributed by atoms with Gasteiger partial charge in [-0.3, -0.25) is 29.5 Å². The quantitative estimate of drug-likeness (QED) is 0.224. The molecule has 13 nitrogen and oxygen atoms in total. The number of fused-ring (bicyclic) bond motifs is 7. The number of carbonyl (C=O) groups is 3. The van der Waals surface area contributed by atoms with Crippen molar-refractivity contribution >= 4 is 40.3 Å². The standard InChI is InChI=1S/C47H55F2N9O4/c1-28-18-35-33-4-2-3-5-36(33)52-42(35)43(57(28)26-40(48)49)31-21-50-46(51-22-31)55-14-12-47(13-15-55)10-8-29(9-11-47)23-54-16-17-56-32(25-54)27-62-39-20-34-30(19-38(39)56)24-58(45(34)61)37-6-7-41(59)53-44(37)60/h2-5,19-22,28-29,32,37,40,43,52H,6-18,23-27H2,1H3,(H,53,59,60)/t28-,32+,37?,43-/m1/s1. The first-order valence-corrected chi connectivity index (χ1v) is 22.7. The zero-order valence-corrected chi connectivity index (χ0v) is 35.3. The summed E-state index contributed by atoms with van der Waals surface area (Å²) in [4.78, 5) is 61.9. The molecule has 3 saturated heterocycles. The van der Waals surface area contributed by atoms with Crippen LogP contribution >= 0.6 is 0 Å². The number of amides is 3. The van der Waals surface area contributed by atoms with Gasteiger partial charge in [-0.2, -0.15) is 0 Å². The van der Waals surface area contributed by atoms with Crippen LogP contribution in [0, 0.1) is 11.3 Å². The van der Waals surface area contributed by atoms with Crippen molar-refractivity contribution in [3.8, 4) is 5.75 Å². The van der Waals surface area contributed by atoms with Gasteiger partial charge in [-0.25, -0.2) is 18.7 Å². The van der Waals surface area contributed by atoms with Crippen LogP contribution in [0.4, 0.5) is 20.4 Å². The van der Waals surface area contributed by atoms with Gasteiger partial charge in [0.05, 0.1) is 24.3 Å². The third-order valence-corrected chi connectivity index (χ3v) is 15.5. The molecule has 326 valence electrons. The van der Waals surface area contributed by atoms with Crippen LogP contribution in [0.2, 0.25) is 0 Å². The molecule has 4 atom stereocenters. The molecule has 11 rings (SSSR count). The molecule has 0 bridgehead atoms. The molecule has 6 aliphatic heterocycles. The Labute approximate surface area is 360 Å². The van der Waals surface area contributed by atoms with E-state index in [4.69, 9.17) is 14.7 Å². The van der Waals surface area contributed by atoms with Crippen molar-refractivity contribution in [2.24, 2.45) is 11.3 Å². The molecule has 4 aromatic rings. The van der Waals surface area contributed by atoms with Gasteiger partial charge in [0.2, 0.25) is 17.8 Å². The Hall–Kier alpha value is -5.15. The summed E-state index contributed by atoms with van der Waals surface area (Å²) in [5.74, 6) is 1.27. The van der Waals surface area contributed by atoms with E-state index in [2.05, 4.69) is 43.2 Å². The third-order valence-electron chi connectivity index (χ3n) is 15.5. The van der Waals surface area contributed by atoms with E-state index in [0.717, 1.165) is 97.2 Å². The first-order valence-electron chi connectivity index (χ1n) is 22.7. The van der Waals surface area contributed by atoms with Crippen LogP contribution in [0.15, 0.2) is 48.8 Å². The fourth-order valence-electron chi connectivity index (χ4n) is 12.1. The Morgan fingerprint density at radius 1 is 0.952 bits per heavy atom. The molecular formula is C47H55F2N9O4. The molecular weight excluding hydrogens is 793 g/mol. The van der Waals surface area contributed by atoms with Crippen LogP contribution in [0.5, 0.6) is 5.75 Å². The molecule has 8 heterocycles. The van der Waals surface area contributed by atoms with Crippen molar-refractivity contribution in [3.63, 3.8) is 0 Å². The van der Waals surface area contributed by atoms with E-state index in [1.165, 1.54) is 31.2 Å². The van der Waals surface area contributed by atoms with E-state index >= 15 is 0 Å². The number of hydrogen-bond donors (Lipinski definition) is 2. The third kappa shape index (κ3) is 6.99. The van der Waals surface area contributed by atoms with Gasteiger partial charge >= 0.3 is 0 Å². The minimum Gasteiger partial charge on any atom is -0.489 e. The first kappa shape index (κ1) is 39.7. The van der Waals surface area contributed by atoms with E-state index < -0.39 is 18.4 Å². The number of nitrogens with one attached hydrogen (secondary N) is 2. The number of aromatic amines is 1. The van der Waals surface area contributed by atoms with Gasteiger partial charge in [-0.1, -0.05) is 18.2 Å². The van der Waals surface area contributed by atoms with E-state index in [1.54, 1.807) is 4.90 Å². The average Bonchev–Trinajstić information content (AvgIpc) is 3.80. The maximum Gasteiger partial charge on any atom is 0.255 e. The predicted molar refractivity (Wildman–Crippen MR) is 229 cm³/mol. The number of piperidine rings is 2. The van der Waals surface area contributed by atoms with Crippen molar-refractivity contribution in [1.29, 1.82) is 0 Å². The highest BCUT2D eigenvalue weighted by Gasteiger charge is 2.44. The van der Waals surface area contributed by atoms with Gasteiger partial charge < -0.3 is 24.4 Å². The van der Waals surface area contributed by atoms with Crippen LogP contribution in [0.25, 0.3) is 10.9 Å². The molecule has 2 N–H and O–H groups in total. The van der Waals surface area contributed by atoms with Crippen LogP contribution < -0.4 is 19.9 Å². The monoisotopic (exact) mass is 847 g/mol. The highest BCUT2D eigenvalue weighted by atomic mass is 19.3. The largest absolute Gasteiger partial charge is 0.489 e. The summed E-state index contributed by atoms with van der Waals surface area (Å²) < 4.78 is 34.2. The first-order chi connectivity index (χ1) is 30.1. The minimum atomic E-state index is -2.44. The molecule has 3 amide bonds. The van der Waals surface area contributed by atoms with Gasteiger partial charge in [0, 0.05) is 98.4 Å². The number of imide groups is 1. The number of carbonyl (C=O) groups excluding carboxylic acids is 3. The van der Waals surface area contributed by atoms with Crippen LogP contribution in [-0.4, -0.2) is 124 Å². The number of benzene rings is 2. The molecule has 2 aromatic carbocycles. The molecule has 1 saturated carbocycles. The lowest BCUT2D eigenvalue weighted by atomic mass is 9.65. The second-order valence-electron chi connectivity index (χ2n) is 19.1. The average molecular weight is 848 g/mol. The fraction of sp³-hybridized carbons (Fsp3) is 0.553. The van der Waals surface area contributed by atoms with Crippen LogP contribution in [-0.2, 0) is 22.6 Å². The summed E-state index contributed by atoms with van der Waals surface area (Å²) in [5, 5.41) is 3.54. The van der Waals surface area contributed by atoms with Gasteiger partial charge in [0.25, 0.3) is 12.3 Å². The molecule has 4 fully saturated rings. The van der Waals surface area contributed by atoms with E-state index in [9.17, 15) is 23.2 Å². The van der Waals surface area contributed by atoms with Crippen molar-refractivity contribution in [1.82, 2.24) is 35.0 Å². The highest BCUT2D eigenvalue weighted by Crippen LogP contribution is 2.48. The lowest BCUT2D eigenvalue weighted by molar-refractivity contribution is -0.136. The van der Waals surface area contributed by atoms with Crippen LogP contribution in [0.1, 0.15) is 97.1 Å². The van der Waals surface area contributed by atoms with Crippen molar-refractivity contribution < 1.29 is 27.9 Å². The number of H-pyrrole nitrogens is 1.